The Balaban J connectivity index is 2.44. The second-order valence-electron chi connectivity index (χ2n) is 3.80. The van der Waals surface area contributed by atoms with Crippen LogP contribution in [-0.4, -0.2) is 6.54 Å². The molecule has 0 aliphatic rings. The van der Waals surface area contributed by atoms with Crippen molar-refractivity contribution in [3.63, 3.8) is 0 Å². The van der Waals surface area contributed by atoms with Crippen molar-refractivity contribution in [2.75, 3.05) is 6.54 Å². The van der Waals surface area contributed by atoms with Crippen molar-refractivity contribution in [1.82, 2.24) is 5.32 Å². The van der Waals surface area contributed by atoms with Crippen LogP contribution in [0.2, 0.25) is 0 Å². The normalized spacial score (nSPS) is 12.7. The van der Waals surface area contributed by atoms with Crippen molar-refractivity contribution in [2.45, 2.75) is 13.0 Å². The first-order valence-electron chi connectivity index (χ1n) is 5.55. The SMILES string of the molecule is CCNC(c1ccc(Br)s1)c1cc(I)ccc1Br. The van der Waals surface area contributed by atoms with Gasteiger partial charge in [-0.15, -0.1) is 11.3 Å². The summed E-state index contributed by atoms with van der Waals surface area (Å²) in [6, 6.07) is 11.0. The highest BCUT2D eigenvalue weighted by atomic mass is 127. The van der Waals surface area contributed by atoms with Gasteiger partial charge in [0, 0.05) is 12.9 Å². The van der Waals surface area contributed by atoms with Crippen molar-refractivity contribution in [3.8, 4) is 0 Å². The van der Waals surface area contributed by atoms with Crippen molar-refractivity contribution >= 4 is 65.8 Å². The van der Waals surface area contributed by atoms with Gasteiger partial charge in [-0.05, 0) is 81.0 Å². The number of benzene rings is 1. The summed E-state index contributed by atoms with van der Waals surface area (Å²) >= 11 is 11.3. The quantitative estimate of drug-likeness (QED) is 0.541. The maximum Gasteiger partial charge on any atom is 0.0702 e. The van der Waals surface area contributed by atoms with E-state index in [9.17, 15) is 0 Å². The molecule has 1 nitrogen and oxygen atoms in total. The van der Waals surface area contributed by atoms with Crippen LogP contribution in [-0.2, 0) is 0 Å². The lowest BCUT2D eigenvalue weighted by atomic mass is 10.1. The van der Waals surface area contributed by atoms with E-state index in [1.54, 1.807) is 11.3 Å². The first-order valence-corrected chi connectivity index (χ1v) is 9.03. The van der Waals surface area contributed by atoms with Gasteiger partial charge < -0.3 is 5.32 Å². The summed E-state index contributed by atoms with van der Waals surface area (Å²) in [7, 11) is 0. The zero-order chi connectivity index (χ0) is 13.1. The summed E-state index contributed by atoms with van der Waals surface area (Å²) in [5.41, 5.74) is 1.29. The maximum atomic E-state index is 3.65. The molecular formula is C13H12Br2INS. The zero-order valence-corrected chi connectivity index (χ0v) is 15.9. The molecule has 1 aromatic heterocycles. The van der Waals surface area contributed by atoms with Crippen LogP contribution in [0.3, 0.4) is 0 Å². The predicted molar refractivity (Wildman–Crippen MR) is 94.4 cm³/mol. The zero-order valence-electron chi connectivity index (χ0n) is 9.71. The lowest BCUT2D eigenvalue weighted by Crippen LogP contribution is -2.21. The molecule has 96 valence electrons. The number of thiophene rings is 1. The van der Waals surface area contributed by atoms with Gasteiger partial charge in [-0.1, -0.05) is 22.9 Å². The van der Waals surface area contributed by atoms with Crippen molar-refractivity contribution < 1.29 is 0 Å². The Labute approximate surface area is 142 Å². The van der Waals surface area contributed by atoms with Gasteiger partial charge in [0.25, 0.3) is 0 Å². The molecule has 1 N–H and O–H groups in total. The van der Waals surface area contributed by atoms with E-state index >= 15 is 0 Å². The Kier molecular flexibility index (Phi) is 5.68. The summed E-state index contributed by atoms with van der Waals surface area (Å²) < 4.78 is 3.57. The van der Waals surface area contributed by atoms with Crippen LogP contribution < -0.4 is 5.32 Å². The van der Waals surface area contributed by atoms with E-state index in [2.05, 4.69) is 97.0 Å². The highest BCUT2D eigenvalue weighted by molar-refractivity contribution is 14.1. The number of rotatable bonds is 4. The topological polar surface area (TPSA) is 12.0 Å². The van der Waals surface area contributed by atoms with Gasteiger partial charge in [0.1, 0.15) is 0 Å². The van der Waals surface area contributed by atoms with E-state index in [1.165, 1.54) is 17.8 Å². The monoisotopic (exact) mass is 499 g/mol. The van der Waals surface area contributed by atoms with Crippen LogP contribution in [0.4, 0.5) is 0 Å². The second kappa shape index (κ2) is 6.83. The fraction of sp³-hybridized carbons (Fsp3) is 0.231. The molecule has 1 unspecified atom stereocenters. The molecule has 5 heteroatoms. The fourth-order valence-corrected chi connectivity index (χ4v) is 4.30. The molecule has 1 aromatic carbocycles. The summed E-state index contributed by atoms with van der Waals surface area (Å²) in [6.45, 7) is 3.08. The molecule has 0 saturated heterocycles. The van der Waals surface area contributed by atoms with Gasteiger partial charge in [0.2, 0.25) is 0 Å². The Morgan fingerprint density at radius 2 is 2.06 bits per heavy atom. The van der Waals surface area contributed by atoms with Gasteiger partial charge in [-0.2, -0.15) is 0 Å². The highest BCUT2D eigenvalue weighted by Gasteiger charge is 2.17. The lowest BCUT2D eigenvalue weighted by molar-refractivity contribution is 0.637. The average Bonchev–Trinajstić information content (AvgIpc) is 2.76. The first-order chi connectivity index (χ1) is 8.61. The molecule has 0 spiro atoms. The molecule has 0 fully saturated rings. The predicted octanol–water partition coefficient (Wildman–Crippen LogP) is 5.58. The Morgan fingerprint density at radius 3 is 2.67 bits per heavy atom. The number of hydrogen-bond donors (Lipinski definition) is 1. The summed E-state index contributed by atoms with van der Waals surface area (Å²) in [6.07, 6.45) is 0. The molecule has 2 aromatic rings. The van der Waals surface area contributed by atoms with Crippen molar-refractivity contribution in [1.29, 1.82) is 0 Å². The van der Waals surface area contributed by atoms with Crippen molar-refractivity contribution in [2.24, 2.45) is 0 Å². The molecule has 0 radical (unpaired) electrons. The molecule has 1 heterocycles. The van der Waals surface area contributed by atoms with Crippen LogP contribution in [0.15, 0.2) is 38.6 Å². The summed E-state index contributed by atoms with van der Waals surface area (Å²) in [5, 5.41) is 3.55. The van der Waals surface area contributed by atoms with E-state index in [0.29, 0.717) is 0 Å². The van der Waals surface area contributed by atoms with Crippen LogP contribution in [0.5, 0.6) is 0 Å². The van der Waals surface area contributed by atoms with E-state index in [0.717, 1.165) is 11.0 Å². The van der Waals surface area contributed by atoms with Crippen LogP contribution in [0.1, 0.15) is 23.4 Å². The Morgan fingerprint density at radius 1 is 1.28 bits per heavy atom. The van der Waals surface area contributed by atoms with Crippen LogP contribution in [0.25, 0.3) is 0 Å². The maximum absolute atomic E-state index is 3.65. The third kappa shape index (κ3) is 3.56. The van der Waals surface area contributed by atoms with E-state index in [-0.39, 0.29) is 6.04 Å². The number of hydrogen-bond acceptors (Lipinski definition) is 2. The first kappa shape index (κ1) is 15.0. The molecule has 2 rings (SSSR count). The van der Waals surface area contributed by atoms with Gasteiger partial charge in [-0.25, -0.2) is 0 Å². The standard InChI is InChI=1S/C13H12Br2INS/c1-2-17-13(11-5-6-12(15)18-11)9-7-8(16)3-4-10(9)14/h3-7,13,17H,2H2,1H3. The van der Waals surface area contributed by atoms with Gasteiger partial charge in [0.15, 0.2) is 0 Å². The average molecular weight is 501 g/mol. The largest absolute Gasteiger partial charge is 0.306 e. The molecule has 0 bridgehead atoms. The van der Waals surface area contributed by atoms with Gasteiger partial charge in [0.05, 0.1) is 9.83 Å². The molecule has 18 heavy (non-hydrogen) atoms. The minimum atomic E-state index is 0.246. The lowest BCUT2D eigenvalue weighted by Gasteiger charge is -2.18. The summed E-state index contributed by atoms with van der Waals surface area (Å²) in [4.78, 5) is 1.33. The van der Waals surface area contributed by atoms with Gasteiger partial charge in [-0.3, -0.25) is 0 Å². The van der Waals surface area contributed by atoms with Crippen LogP contribution >= 0.6 is 65.8 Å². The number of nitrogens with one attached hydrogen (secondary N) is 1. The minimum Gasteiger partial charge on any atom is -0.306 e. The second-order valence-corrected chi connectivity index (χ2v) is 8.39. The van der Waals surface area contributed by atoms with Crippen LogP contribution in [0, 0.1) is 3.57 Å². The highest BCUT2D eigenvalue weighted by Crippen LogP contribution is 2.35. The molecule has 0 amide bonds. The fourth-order valence-electron chi connectivity index (χ4n) is 1.79. The van der Waals surface area contributed by atoms with Gasteiger partial charge >= 0.3 is 0 Å². The molecule has 0 aliphatic carbocycles. The third-order valence-electron chi connectivity index (χ3n) is 2.56. The molecule has 1 atom stereocenters. The Bertz CT molecular complexity index is 542. The molecule has 0 saturated carbocycles. The van der Waals surface area contributed by atoms with Crippen molar-refractivity contribution in [3.05, 3.63) is 52.6 Å². The van der Waals surface area contributed by atoms with E-state index < -0.39 is 0 Å². The molecular weight excluding hydrogens is 489 g/mol. The van der Waals surface area contributed by atoms with E-state index in [1.807, 2.05) is 0 Å². The molecule has 0 aliphatic heterocycles. The number of halogens is 3. The Hall–Kier alpha value is 0.570. The minimum absolute atomic E-state index is 0.246. The smallest absolute Gasteiger partial charge is 0.0702 e. The summed E-state index contributed by atoms with van der Waals surface area (Å²) in [5.74, 6) is 0. The third-order valence-corrected chi connectivity index (χ3v) is 5.64. The van der Waals surface area contributed by atoms with E-state index in [4.69, 9.17) is 0 Å².